The quantitative estimate of drug-likeness (QED) is 0.707. The molecule has 0 bridgehead atoms. The molecule has 0 atom stereocenters. The van der Waals surface area contributed by atoms with E-state index in [0.29, 0.717) is 31.9 Å². The van der Waals surface area contributed by atoms with E-state index in [1.807, 2.05) is 0 Å². The van der Waals surface area contributed by atoms with Crippen LogP contribution in [0.4, 0.5) is 13.2 Å². The largest absolute Gasteiger partial charge is 0.467 e. The first-order valence-corrected chi connectivity index (χ1v) is 5.99. The number of nitrogens with one attached hydrogen (secondary N) is 1. The van der Waals surface area contributed by atoms with Crippen LogP contribution in [0.2, 0.25) is 0 Å². The SMILES string of the molecule is O=C(COCC(F)(F)F)NCCCOCc1ccco1. The number of furan rings is 1. The molecule has 5 nitrogen and oxygen atoms in total. The van der Waals surface area contributed by atoms with Gasteiger partial charge in [0.25, 0.3) is 0 Å². The Hall–Kier alpha value is -1.54. The lowest BCUT2D eigenvalue weighted by molar-refractivity contribution is -0.175. The molecular weight excluding hydrogens is 279 g/mol. The molecule has 8 heteroatoms. The maximum Gasteiger partial charge on any atom is 0.411 e. The maximum absolute atomic E-state index is 11.7. The minimum Gasteiger partial charge on any atom is -0.467 e. The van der Waals surface area contributed by atoms with Crippen LogP contribution in [-0.4, -0.2) is 38.4 Å². The van der Waals surface area contributed by atoms with Crippen LogP contribution in [-0.2, 0) is 20.9 Å². The summed E-state index contributed by atoms with van der Waals surface area (Å²) in [7, 11) is 0. The van der Waals surface area contributed by atoms with Crippen LogP contribution < -0.4 is 5.32 Å². The monoisotopic (exact) mass is 295 g/mol. The molecule has 1 amide bonds. The molecule has 0 unspecified atom stereocenters. The molecule has 0 radical (unpaired) electrons. The van der Waals surface area contributed by atoms with E-state index in [1.165, 1.54) is 0 Å². The Balaban J connectivity index is 1.91. The van der Waals surface area contributed by atoms with Gasteiger partial charge in [-0.25, -0.2) is 0 Å². The molecule has 0 aliphatic rings. The highest BCUT2D eigenvalue weighted by Gasteiger charge is 2.27. The molecule has 0 aliphatic heterocycles. The van der Waals surface area contributed by atoms with E-state index >= 15 is 0 Å². The van der Waals surface area contributed by atoms with Crippen LogP contribution >= 0.6 is 0 Å². The van der Waals surface area contributed by atoms with Gasteiger partial charge >= 0.3 is 6.18 Å². The van der Waals surface area contributed by atoms with Gasteiger partial charge < -0.3 is 19.2 Å². The molecular formula is C12H16F3NO4. The molecule has 0 aromatic carbocycles. The zero-order valence-electron chi connectivity index (χ0n) is 10.7. The van der Waals surface area contributed by atoms with Crippen molar-refractivity contribution in [1.82, 2.24) is 5.32 Å². The van der Waals surface area contributed by atoms with Gasteiger partial charge in [-0.3, -0.25) is 4.79 Å². The molecule has 114 valence electrons. The average molecular weight is 295 g/mol. The Bertz CT molecular complexity index is 379. The standard InChI is InChI=1S/C12H16F3NO4/c13-12(14,15)9-19-8-11(17)16-4-2-5-18-7-10-3-1-6-20-10/h1,3,6H,2,4-5,7-9H2,(H,16,17). The lowest BCUT2D eigenvalue weighted by Crippen LogP contribution is -2.30. The van der Waals surface area contributed by atoms with Gasteiger partial charge in [-0.05, 0) is 18.6 Å². The van der Waals surface area contributed by atoms with E-state index in [9.17, 15) is 18.0 Å². The molecule has 1 aromatic rings. The summed E-state index contributed by atoms with van der Waals surface area (Å²) in [6, 6.07) is 3.53. The highest BCUT2D eigenvalue weighted by Crippen LogP contribution is 2.13. The summed E-state index contributed by atoms with van der Waals surface area (Å²) in [5.41, 5.74) is 0. The Morgan fingerprint density at radius 2 is 2.15 bits per heavy atom. The number of alkyl halides is 3. The van der Waals surface area contributed by atoms with Gasteiger partial charge in [0.2, 0.25) is 5.91 Å². The highest BCUT2D eigenvalue weighted by molar-refractivity contribution is 5.77. The van der Waals surface area contributed by atoms with Gasteiger partial charge in [0.05, 0.1) is 6.26 Å². The molecule has 0 saturated carbocycles. The topological polar surface area (TPSA) is 60.7 Å². The fourth-order valence-electron chi connectivity index (χ4n) is 1.28. The zero-order valence-corrected chi connectivity index (χ0v) is 10.7. The summed E-state index contributed by atoms with van der Waals surface area (Å²) in [5, 5.41) is 2.43. The Labute approximate surface area is 114 Å². The van der Waals surface area contributed by atoms with Gasteiger partial charge in [0.15, 0.2) is 0 Å². The van der Waals surface area contributed by atoms with Gasteiger partial charge in [-0.2, -0.15) is 13.2 Å². The smallest absolute Gasteiger partial charge is 0.411 e. The number of rotatable bonds is 9. The van der Waals surface area contributed by atoms with Crippen molar-refractivity contribution in [2.45, 2.75) is 19.2 Å². The van der Waals surface area contributed by atoms with Crippen LogP contribution in [0.1, 0.15) is 12.2 Å². The third-order valence-corrected chi connectivity index (χ3v) is 2.11. The van der Waals surface area contributed by atoms with E-state index < -0.39 is 25.3 Å². The van der Waals surface area contributed by atoms with Crippen molar-refractivity contribution in [2.75, 3.05) is 26.4 Å². The fraction of sp³-hybridized carbons (Fsp3) is 0.583. The molecule has 0 saturated heterocycles. The third kappa shape index (κ3) is 8.54. The van der Waals surface area contributed by atoms with E-state index in [4.69, 9.17) is 9.15 Å². The van der Waals surface area contributed by atoms with Crippen molar-refractivity contribution in [1.29, 1.82) is 0 Å². The van der Waals surface area contributed by atoms with Crippen molar-refractivity contribution < 1.29 is 31.9 Å². The average Bonchev–Trinajstić information content (AvgIpc) is 2.85. The zero-order chi connectivity index (χ0) is 14.8. The Kier molecular flexibility index (Phi) is 7.10. The molecule has 0 fully saturated rings. The van der Waals surface area contributed by atoms with Crippen molar-refractivity contribution >= 4 is 5.91 Å². The van der Waals surface area contributed by atoms with Crippen LogP contribution in [0.15, 0.2) is 22.8 Å². The predicted octanol–water partition coefficient (Wildman–Crippen LogP) is 1.88. The number of carbonyl (C=O) groups excluding carboxylic acids is 1. The first-order chi connectivity index (χ1) is 9.47. The second kappa shape index (κ2) is 8.60. The highest BCUT2D eigenvalue weighted by atomic mass is 19.4. The maximum atomic E-state index is 11.7. The first-order valence-electron chi connectivity index (χ1n) is 5.99. The van der Waals surface area contributed by atoms with Crippen molar-refractivity contribution in [3.8, 4) is 0 Å². The molecule has 1 rings (SSSR count). The van der Waals surface area contributed by atoms with Crippen LogP contribution in [0.25, 0.3) is 0 Å². The van der Waals surface area contributed by atoms with E-state index in [2.05, 4.69) is 10.1 Å². The number of amides is 1. The Morgan fingerprint density at radius 3 is 2.80 bits per heavy atom. The third-order valence-electron chi connectivity index (χ3n) is 2.11. The number of hydrogen-bond donors (Lipinski definition) is 1. The van der Waals surface area contributed by atoms with Crippen LogP contribution in [0.5, 0.6) is 0 Å². The van der Waals surface area contributed by atoms with Crippen molar-refractivity contribution in [2.24, 2.45) is 0 Å². The van der Waals surface area contributed by atoms with Crippen molar-refractivity contribution in [3.05, 3.63) is 24.2 Å². The van der Waals surface area contributed by atoms with Gasteiger partial charge in [0.1, 0.15) is 25.6 Å². The lowest BCUT2D eigenvalue weighted by atomic mass is 10.4. The van der Waals surface area contributed by atoms with Gasteiger partial charge in [-0.15, -0.1) is 0 Å². The van der Waals surface area contributed by atoms with E-state index in [0.717, 1.165) is 0 Å². The predicted molar refractivity (Wildman–Crippen MR) is 62.9 cm³/mol. The van der Waals surface area contributed by atoms with Crippen molar-refractivity contribution in [3.63, 3.8) is 0 Å². The summed E-state index contributed by atoms with van der Waals surface area (Å²) >= 11 is 0. The molecule has 1 N–H and O–H groups in total. The molecule has 0 spiro atoms. The molecule has 1 heterocycles. The second-order valence-corrected chi connectivity index (χ2v) is 3.94. The van der Waals surface area contributed by atoms with Crippen LogP contribution in [0.3, 0.4) is 0 Å². The van der Waals surface area contributed by atoms with Crippen LogP contribution in [0, 0.1) is 0 Å². The molecule has 1 aromatic heterocycles. The molecule has 20 heavy (non-hydrogen) atoms. The number of ether oxygens (including phenoxy) is 2. The number of hydrogen-bond acceptors (Lipinski definition) is 4. The Morgan fingerprint density at radius 1 is 1.35 bits per heavy atom. The summed E-state index contributed by atoms with van der Waals surface area (Å²) in [4.78, 5) is 11.1. The van der Waals surface area contributed by atoms with Gasteiger partial charge in [0, 0.05) is 13.2 Å². The summed E-state index contributed by atoms with van der Waals surface area (Å²) < 4.78 is 49.7. The normalized spacial score (nSPS) is 11.6. The summed E-state index contributed by atoms with van der Waals surface area (Å²) in [6.07, 6.45) is -2.33. The lowest BCUT2D eigenvalue weighted by Gasteiger charge is -2.08. The van der Waals surface area contributed by atoms with E-state index in [1.54, 1.807) is 18.4 Å². The first kappa shape index (κ1) is 16.5. The second-order valence-electron chi connectivity index (χ2n) is 3.94. The summed E-state index contributed by atoms with van der Waals surface area (Å²) in [6.45, 7) is -0.966. The number of halogens is 3. The minimum absolute atomic E-state index is 0.312. The van der Waals surface area contributed by atoms with Gasteiger partial charge in [-0.1, -0.05) is 0 Å². The minimum atomic E-state index is -4.42. The number of carbonyl (C=O) groups is 1. The summed E-state index contributed by atoms with van der Waals surface area (Å²) in [5.74, 6) is 0.120. The van der Waals surface area contributed by atoms with E-state index in [-0.39, 0.29) is 0 Å². The molecule has 0 aliphatic carbocycles. The fourth-order valence-corrected chi connectivity index (χ4v) is 1.28.